The Labute approximate surface area is 234 Å². The molecule has 0 unspecified atom stereocenters. The van der Waals surface area contributed by atoms with E-state index in [1.165, 1.54) is 13.0 Å². The van der Waals surface area contributed by atoms with Gasteiger partial charge in [0.2, 0.25) is 11.8 Å². The minimum absolute atomic E-state index is 0.0303. The van der Waals surface area contributed by atoms with Crippen molar-refractivity contribution in [3.05, 3.63) is 47.7 Å². The molecular weight excluding hydrogens is 540 g/mol. The molecular formula is C28H33F2N5O6. The summed E-state index contributed by atoms with van der Waals surface area (Å²) >= 11 is 0. The van der Waals surface area contributed by atoms with Gasteiger partial charge in [-0.15, -0.1) is 0 Å². The van der Waals surface area contributed by atoms with Gasteiger partial charge in [-0.3, -0.25) is 19.2 Å². The third kappa shape index (κ3) is 7.54. The van der Waals surface area contributed by atoms with Gasteiger partial charge >= 0.3 is 5.97 Å². The van der Waals surface area contributed by atoms with Gasteiger partial charge in [0.05, 0.1) is 11.6 Å². The molecule has 0 radical (unpaired) electrons. The minimum Gasteiger partial charge on any atom is -0.456 e. The quantitative estimate of drug-likeness (QED) is 0.178. The zero-order chi connectivity index (χ0) is 29.8. The second kappa shape index (κ2) is 12.6. The first-order valence-electron chi connectivity index (χ1n) is 13.4. The van der Waals surface area contributed by atoms with Crippen LogP contribution in [0.1, 0.15) is 49.5 Å². The van der Waals surface area contributed by atoms with Gasteiger partial charge in [-0.1, -0.05) is 25.0 Å². The third-order valence-electron chi connectivity index (χ3n) is 7.31. The number of carbonyl (C=O) groups excluding carboxylic acids is 5. The van der Waals surface area contributed by atoms with Crippen molar-refractivity contribution in [1.29, 1.82) is 0 Å². The maximum atomic E-state index is 14.1. The fraction of sp³-hybridized carbons (Fsp3) is 0.464. The number of ketones is 1. The van der Waals surface area contributed by atoms with E-state index in [1.807, 2.05) is 0 Å². The van der Waals surface area contributed by atoms with Gasteiger partial charge in [-0.2, -0.15) is 0 Å². The van der Waals surface area contributed by atoms with Crippen LogP contribution in [0.25, 0.3) is 10.9 Å². The van der Waals surface area contributed by atoms with Crippen molar-refractivity contribution in [3.63, 3.8) is 0 Å². The van der Waals surface area contributed by atoms with Crippen LogP contribution in [0.2, 0.25) is 0 Å². The van der Waals surface area contributed by atoms with Crippen molar-refractivity contribution in [1.82, 2.24) is 20.9 Å². The molecule has 1 saturated heterocycles. The van der Waals surface area contributed by atoms with Crippen LogP contribution in [0.4, 0.5) is 8.78 Å². The van der Waals surface area contributed by atoms with Gasteiger partial charge in [-0.25, -0.2) is 13.6 Å². The molecule has 2 aromatic rings. The summed E-state index contributed by atoms with van der Waals surface area (Å²) < 4.78 is 32.8. The van der Waals surface area contributed by atoms with E-state index in [9.17, 15) is 32.8 Å². The molecule has 0 bridgehead atoms. The van der Waals surface area contributed by atoms with Crippen molar-refractivity contribution in [3.8, 4) is 0 Å². The number of hydrogen-bond acceptors (Lipinski definition) is 7. The molecule has 13 heteroatoms. The number of ether oxygens (including phenoxy) is 1. The second-order valence-corrected chi connectivity index (χ2v) is 10.7. The minimum atomic E-state index is -1.19. The number of halogens is 2. The molecule has 4 rings (SSSR count). The van der Waals surface area contributed by atoms with Crippen LogP contribution in [-0.4, -0.2) is 65.7 Å². The lowest BCUT2D eigenvalue weighted by Crippen LogP contribution is -2.53. The molecule has 41 heavy (non-hydrogen) atoms. The third-order valence-corrected chi connectivity index (χ3v) is 7.31. The molecule has 1 aromatic heterocycles. The van der Waals surface area contributed by atoms with Gasteiger partial charge in [0, 0.05) is 23.9 Å². The number of Topliss-reactive ketones (excluding diaryl/α,β-unsaturated/α-hetero) is 1. The number of amides is 3. The first-order chi connectivity index (χ1) is 19.4. The summed E-state index contributed by atoms with van der Waals surface area (Å²) in [7, 11) is 0. The van der Waals surface area contributed by atoms with E-state index in [0.717, 1.165) is 18.9 Å². The monoisotopic (exact) mass is 573 g/mol. The van der Waals surface area contributed by atoms with Gasteiger partial charge in [0.1, 0.15) is 29.4 Å². The Hall–Kier alpha value is -4.13. The van der Waals surface area contributed by atoms with E-state index < -0.39 is 65.9 Å². The van der Waals surface area contributed by atoms with Gasteiger partial charge in [0.15, 0.2) is 12.4 Å². The maximum Gasteiger partial charge on any atom is 0.327 e. The van der Waals surface area contributed by atoms with Crippen LogP contribution >= 0.6 is 0 Å². The molecule has 1 aliphatic heterocycles. The number of H-pyrrole nitrogens is 1. The SMILES string of the molecule is C=C(C)[C@H](N)C(=O)OCC(=O)[C@H](C[C@@H]1CCNC1=O)NC(=O)[C@H](CC1CC1)NC(=O)c1cc2cc(F)cc(F)c2[nH]1. The molecule has 3 amide bonds. The normalized spacial score (nSPS) is 18.7. The fourth-order valence-corrected chi connectivity index (χ4v) is 4.67. The van der Waals surface area contributed by atoms with Crippen LogP contribution in [0.5, 0.6) is 0 Å². The van der Waals surface area contributed by atoms with Crippen molar-refractivity contribution in [2.75, 3.05) is 13.2 Å². The smallest absolute Gasteiger partial charge is 0.327 e. The number of fused-ring (bicyclic) bond motifs is 1. The predicted molar refractivity (Wildman–Crippen MR) is 143 cm³/mol. The average Bonchev–Trinajstić information content (AvgIpc) is 3.48. The molecule has 4 atom stereocenters. The van der Waals surface area contributed by atoms with Gasteiger partial charge < -0.3 is 31.4 Å². The molecule has 1 aromatic carbocycles. The van der Waals surface area contributed by atoms with Crippen molar-refractivity contribution in [2.24, 2.45) is 17.6 Å². The van der Waals surface area contributed by atoms with Crippen LogP contribution in [0.15, 0.2) is 30.4 Å². The highest BCUT2D eigenvalue weighted by Crippen LogP contribution is 2.34. The number of rotatable bonds is 13. The van der Waals surface area contributed by atoms with Crippen LogP contribution in [0.3, 0.4) is 0 Å². The zero-order valence-corrected chi connectivity index (χ0v) is 22.6. The lowest BCUT2D eigenvalue weighted by molar-refractivity contribution is -0.149. The first-order valence-corrected chi connectivity index (χ1v) is 13.4. The molecule has 1 aliphatic carbocycles. The Morgan fingerprint density at radius 1 is 1.10 bits per heavy atom. The van der Waals surface area contributed by atoms with Gasteiger partial charge in [-0.05, 0) is 44.2 Å². The topological polar surface area (TPSA) is 172 Å². The highest BCUT2D eigenvalue weighted by atomic mass is 19.1. The number of hydrogen-bond donors (Lipinski definition) is 5. The van der Waals surface area contributed by atoms with Crippen molar-refractivity contribution >= 4 is 40.4 Å². The summed E-state index contributed by atoms with van der Waals surface area (Å²) in [6, 6.07) is -0.327. The number of aromatic nitrogens is 1. The summed E-state index contributed by atoms with van der Waals surface area (Å²) in [5, 5.41) is 8.08. The summed E-state index contributed by atoms with van der Waals surface area (Å²) in [5.74, 6) is -5.19. The summed E-state index contributed by atoms with van der Waals surface area (Å²) in [6.45, 7) is 4.86. The molecule has 6 N–H and O–H groups in total. The summed E-state index contributed by atoms with van der Waals surface area (Å²) in [6.07, 6.45) is 2.43. The number of benzene rings is 1. The molecule has 1 saturated carbocycles. The van der Waals surface area contributed by atoms with E-state index in [2.05, 4.69) is 27.5 Å². The lowest BCUT2D eigenvalue weighted by Gasteiger charge is -2.24. The second-order valence-electron chi connectivity index (χ2n) is 10.7. The molecule has 11 nitrogen and oxygen atoms in total. The highest BCUT2D eigenvalue weighted by Gasteiger charge is 2.36. The Kier molecular flexibility index (Phi) is 9.16. The highest BCUT2D eigenvalue weighted by molar-refractivity contribution is 6.01. The zero-order valence-electron chi connectivity index (χ0n) is 22.6. The number of esters is 1. The number of aromatic amines is 1. The number of nitrogens with one attached hydrogen (secondary N) is 4. The predicted octanol–water partition coefficient (Wildman–Crippen LogP) is 1.37. The van der Waals surface area contributed by atoms with Crippen molar-refractivity contribution in [2.45, 2.75) is 57.2 Å². The number of carbonyl (C=O) groups is 5. The Morgan fingerprint density at radius 2 is 1.83 bits per heavy atom. The molecule has 2 fully saturated rings. The average molecular weight is 574 g/mol. The van der Waals surface area contributed by atoms with E-state index in [-0.39, 0.29) is 41.3 Å². The summed E-state index contributed by atoms with van der Waals surface area (Å²) in [4.78, 5) is 66.5. The Bertz CT molecular complexity index is 1390. The maximum absolute atomic E-state index is 14.1. The molecule has 2 aliphatic rings. The van der Waals surface area contributed by atoms with Crippen LogP contribution in [0, 0.1) is 23.5 Å². The fourth-order valence-electron chi connectivity index (χ4n) is 4.67. The number of nitrogens with two attached hydrogens (primary N) is 1. The van der Waals surface area contributed by atoms with Crippen LogP contribution in [-0.2, 0) is 23.9 Å². The van der Waals surface area contributed by atoms with E-state index in [4.69, 9.17) is 10.5 Å². The molecule has 2 heterocycles. The van der Waals surface area contributed by atoms with E-state index in [1.54, 1.807) is 0 Å². The van der Waals surface area contributed by atoms with E-state index in [0.29, 0.717) is 24.6 Å². The lowest BCUT2D eigenvalue weighted by atomic mass is 9.95. The summed E-state index contributed by atoms with van der Waals surface area (Å²) in [5.41, 5.74) is 5.90. The first kappa shape index (κ1) is 29.8. The van der Waals surface area contributed by atoms with Crippen LogP contribution < -0.4 is 21.7 Å². The Morgan fingerprint density at radius 3 is 2.46 bits per heavy atom. The van der Waals surface area contributed by atoms with Gasteiger partial charge in [0.25, 0.3) is 5.91 Å². The molecule has 0 spiro atoms. The molecule has 220 valence electrons. The Balaban J connectivity index is 1.48. The largest absolute Gasteiger partial charge is 0.456 e. The van der Waals surface area contributed by atoms with E-state index >= 15 is 0 Å². The van der Waals surface area contributed by atoms with Crippen molar-refractivity contribution < 1.29 is 37.5 Å². The standard InChI is InChI=1S/C28H33F2N5O6/c1-13(2)23(31)28(40)41-12-22(36)19(9-15-5-6-32-25(15)37)34-26(38)20(7-14-3-4-14)35-27(39)21-10-16-8-17(29)11-18(30)24(16)33-21/h8,10-11,14-15,19-20,23,33H,1,3-7,9,12,31H2,2H3,(H,32,37)(H,34,38)(H,35,39)/t15-,19-,20-,23-/m0/s1.